The van der Waals surface area contributed by atoms with E-state index < -0.39 is 0 Å². The second kappa shape index (κ2) is 8.21. The van der Waals surface area contributed by atoms with E-state index >= 15 is 0 Å². The fourth-order valence-corrected chi connectivity index (χ4v) is 3.02. The number of ketones is 1. The number of nitrogens with one attached hydrogen (secondary N) is 1. The number of nitrogens with zero attached hydrogens (tertiary/aromatic N) is 1. The molecule has 4 heteroatoms. The smallest absolute Gasteiger partial charge is 0.221 e. The number of amides is 1. The highest BCUT2D eigenvalue weighted by Gasteiger charge is 2.21. The highest BCUT2D eigenvalue weighted by molar-refractivity contribution is 6.04. The van der Waals surface area contributed by atoms with Crippen molar-refractivity contribution in [1.29, 1.82) is 0 Å². The van der Waals surface area contributed by atoms with Crippen molar-refractivity contribution in [2.45, 2.75) is 19.3 Å². The Morgan fingerprint density at radius 3 is 2.04 bits per heavy atom. The third-order valence-corrected chi connectivity index (χ3v) is 4.23. The average Bonchev–Trinajstić information content (AvgIpc) is 2.67. The van der Waals surface area contributed by atoms with Gasteiger partial charge in [0, 0.05) is 31.0 Å². The summed E-state index contributed by atoms with van der Waals surface area (Å²) in [6.45, 7) is 1.41. The summed E-state index contributed by atoms with van der Waals surface area (Å²) >= 11 is 0. The van der Waals surface area contributed by atoms with Gasteiger partial charge in [-0.1, -0.05) is 60.7 Å². The molecule has 0 fully saturated rings. The summed E-state index contributed by atoms with van der Waals surface area (Å²) in [7, 11) is 0. The topological polar surface area (TPSA) is 59.1 Å². The zero-order valence-electron chi connectivity index (χ0n) is 14.6. The molecule has 3 rings (SSSR count). The molecule has 2 aromatic carbocycles. The molecule has 0 saturated heterocycles. The van der Waals surface area contributed by atoms with Gasteiger partial charge in [-0.25, -0.2) is 0 Å². The van der Waals surface area contributed by atoms with Crippen LogP contribution in [0, 0.1) is 0 Å². The number of benzene rings is 2. The van der Waals surface area contributed by atoms with Crippen molar-refractivity contribution in [2.24, 2.45) is 0 Å². The molecule has 1 N–H and O–H groups in total. The summed E-state index contributed by atoms with van der Waals surface area (Å²) in [5, 5.41) is 2.68. The van der Waals surface area contributed by atoms with Gasteiger partial charge >= 0.3 is 0 Å². The minimum absolute atomic E-state index is 0.0335. The maximum Gasteiger partial charge on any atom is 0.221 e. The van der Waals surface area contributed by atoms with Gasteiger partial charge < -0.3 is 5.32 Å². The largest absolute Gasteiger partial charge is 0.324 e. The molecule has 1 amide bonds. The van der Waals surface area contributed by atoms with Crippen molar-refractivity contribution >= 4 is 17.4 Å². The Morgan fingerprint density at radius 1 is 0.923 bits per heavy atom. The second-order valence-corrected chi connectivity index (χ2v) is 6.10. The van der Waals surface area contributed by atoms with Crippen molar-refractivity contribution in [3.8, 4) is 0 Å². The zero-order chi connectivity index (χ0) is 18.4. The summed E-state index contributed by atoms with van der Waals surface area (Å²) in [6.07, 6.45) is 3.39. The molecular formula is C22H20N2O2. The molecule has 26 heavy (non-hydrogen) atoms. The van der Waals surface area contributed by atoms with Crippen molar-refractivity contribution in [1.82, 2.24) is 4.98 Å². The Morgan fingerprint density at radius 2 is 1.50 bits per heavy atom. The normalized spacial score (nSPS) is 10.5. The molecular weight excluding hydrogens is 324 g/mol. The molecule has 0 spiro atoms. The lowest BCUT2D eigenvalue weighted by molar-refractivity contribution is -0.114. The predicted octanol–water partition coefficient (Wildman–Crippen LogP) is 4.44. The molecule has 0 atom stereocenters. The predicted molar refractivity (Wildman–Crippen MR) is 102 cm³/mol. The van der Waals surface area contributed by atoms with Crippen LogP contribution in [-0.2, 0) is 4.79 Å². The van der Waals surface area contributed by atoms with Crippen LogP contribution in [-0.4, -0.2) is 16.7 Å². The summed E-state index contributed by atoms with van der Waals surface area (Å²) < 4.78 is 0. The Labute approximate surface area is 152 Å². The lowest BCUT2D eigenvalue weighted by atomic mass is 9.86. The average molecular weight is 344 g/mol. The lowest BCUT2D eigenvalue weighted by Crippen LogP contribution is -2.14. The van der Waals surface area contributed by atoms with E-state index in [2.05, 4.69) is 10.3 Å². The minimum Gasteiger partial charge on any atom is -0.324 e. The summed E-state index contributed by atoms with van der Waals surface area (Å²) in [5.74, 6) is -0.313. The molecule has 0 bridgehead atoms. The van der Waals surface area contributed by atoms with Gasteiger partial charge in [-0.2, -0.15) is 0 Å². The van der Waals surface area contributed by atoms with Crippen LogP contribution in [0.3, 0.4) is 0 Å². The molecule has 0 unspecified atom stereocenters. The molecule has 3 aromatic rings. The Bertz CT molecular complexity index is 853. The van der Waals surface area contributed by atoms with Gasteiger partial charge in [-0.05, 0) is 17.2 Å². The number of hydrogen-bond donors (Lipinski definition) is 1. The van der Waals surface area contributed by atoms with Gasteiger partial charge in [0.15, 0.2) is 5.78 Å². The monoisotopic (exact) mass is 344 g/mol. The molecule has 0 aliphatic rings. The first-order valence-corrected chi connectivity index (χ1v) is 8.50. The summed E-state index contributed by atoms with van der Waals surface area (Å²) in [6, 6.07) is 21.6. The number of carbonyl (C=O) groups excluding carboxylic acids is 2. The van der Waals surface area contributed by atoms with Crippen molar-refractivity contribution in [2.75, 3.05) is 5.32 Å². The number of rotatable bonds is 6. The maximum absolute atomic E-state index is 13.0. The van der Waals surface area contributed by atoms with Crippen molar-refractivity contribution < 1.29 is 9.59 Å². The van der Waals surface area contributed by atoms with Gasteiger partial charge in [0.1, 0.15) is 0 Å². The molecule has 130 valence electrons. The van der Waals surface area contributed by atoms with Gasteiger partial charge in [0.2, 0.25) is 5.91 Å². The van der Waals surface area contributed by atoms with E-state index in [1.165, 1.54) is 13.1 Å². The standard InChI is InChI=1S/C22H20N2O2/c1-16(25)24-21-15-23-13-12-19(21)22(26)14-20(17-8-4-2-5-9-17)18-10-6-3-7-11-18/h2-13,15,20H,14H2,1H3,(H,24,25). The van der Waals surface area contributed by atoms with Crippen LogP contribution in [0.1, 0.15) is 40.7 Å². The number of aromatic nitrogens is 1. The van der Waals surface area contributed by atoms with Gasteiger partial charge in [0.05, 0.1) is 11.9 Å². The SMILES string of the molecule is CC(=O)Nc1cnccc1C(=O)CC(c1ccccc1)c1ccccc1. The third kappa shape index (κ3) is 4.22. The second-order valence-electron chi connectivity index (χ2n) is 6.10. The molecule has 4 nitrogen and oxygen atoms in total. The van der Waals surface area contributed by atoms with E-state index in [9.17, 15) is 9.59 Å². The Hall–Kier alpha value is -3.27. The fourth-order valence-electron chi connectivity index (χ4n) is 3.02. The quantitative estimate of drug-likeness (QED) is 0.672. The van der Waals surface area contributed by atoms with Gasteiger partial charge in [-0.3, -0.25) is 14.6 Å². The highest BCUT2D eigenvalue weighted by Crippen LogP contribution is 2.30. The highest BCUT2D eigenvalue weighted by atomic mass is 16.1. The first kappa shape index (κ1) is 17.5. The molecule has 0 aliphatic heterocycles. The van der Waals surface area contributed by atoms with Gasteiger partial charge in [0.25, 0.3) is 0 Å². The first-order chi connectivity index (χ1) is 12.6. The Balaban J connectivity index is 1.93. The lowest BCUT2D eigenvalue weighted by Gasteiger charge is -2.18. The van der Waals surface area contributed by atoms with E-state index in [1.54, 1.807) is 12.3 Å². The number of hydrogen-bond acceptors (Lipinski definition) is 3. The van der Waals surface area contributed by atoms with Crippen LogP contribution in [0.2, 0.25) is 0 Å². The van der Waals surface area contributed by atoms with Crippen molar-refractivity contribution in [3.63, 3.8) is 0 Å². The van der Waals surface area contributed by atoms with Gasteiger partial charge in [-0.15, -0.1) is 0 Å². The zero-order valence-corrected chi connectivity index (χ0v) is 14.6. The van der Waals surface area contributed by atoms with E-state index in [0.29, 0.717) is 17.7 Å². The number of carbonyl (C=O) groups is 2. The molecule has 1 aromatic heterocycles. The van der Waals surface area contributed by atoms with E-state index in [1.807, 2.05) is 60.7 Å². The van der Waals surface area contributed by atoms with Crippen LogP contribution in [0.15, 0.2) is 79.1 Å². The van der Waals surface area contributed by atoms with Crippen LogP contribution >= 0.6 is 0 Å². The van der Waals surface area contributed by atoms with E-state index in [-0.39, 0.29) is 17.6 Å². The maximum atomic E-state index is 13.0. The molecule has 0 radical (unpaired) electrons. The molecule has 0 aliphatic carbocycles. The first-order valence-electron chi connectivity index (χ1n) is 8.50. The summed E-state index contributed by atoms with van der Waals surface area (Å²) in [5.41, 5.74) is 3.10. The molecule has 0 saturated carbocycles. The van der Waals surface area contributed by atoms with Crippen molar-refractivity contribution in [3.05, 3.63) is 95.8 Å². The molecule has 1 heterocycles. The third-order valence-electron chi connectivity index (χ3n) is 4.23. The number of anilines is 1. The Kier molecular flexibility index (Phi) is 5.54. The van der Waals surface area contributed by atoms with Crippen LogP contribution < -0.4 is 5.32 Å². The fraction of sp³-hybridized carbons (Fsp3) is 0.136. The van der Waals surface area contributed by atoms with Crippen LogP contribution in [0.25, 0.3) is 0 Å². The van der Waals surface area contributed by atoms with E-state index in [0.717, 1.165) is 11.1 Å². The van der Waals surface area contributed by atoms with Crippen LogP contribution in [0.5, 0.6) is 0 Å². The van der Waals surface area contributed by atoms with E-state index in [4.69, 9.17) is 0 Å². The summed E-state index contributed by atoms with van der Waals surface area (Å²) in [4.78, 5) is 28.4. The number of pyridine rings is 1. The number of Topliss-reactive ketones (excluding diaryl/α,β-unsaturated/α-hetero) is 1. The minimum atomic E-state index is -0.227. The van der Waals surface area contributed by atoms with Crippen LogP contribution in [0.4, 0.5) is 5.69 Å².